The Kier molecular flexibility index (Phi) is 5.03. The number of anilines is 2. The van der Waals surface area contributed by atoms with Crippen LogP contribution in [0.3, 0.4) is 0 Å². The van der Waals surface area contributed by atoms with Crippen molar-refractivity contribution in [1.82, 2.24) is 0 Å². The van der Waals surface area contributed by atoms with E-state index in [-0.39, 0.29) is 17.3 Å². The number of nitrogens with two attached hydrogens (primary N) is 1. The third kappa shape index (κ3) is 4.61. The first kappa shape index (κ1) is 15.6. The van der Waals surface area contributed by atoms with Gasteiger partial charge in [-0.3, -0.25) is 4.79 Å². The average Bonchev–Trinajstić information content (AvgIpc) is 2.39. The number of rotatable bonds is 4. The summed E-state index contributed by atoms with van der Waals surface area (Å²) in [5, 5.41) is 2.83. The van der Waals surface area contributed by atoms with Crippen LogP contribution in [0.25, 0.3) is 0 Å². The largest absolute Gasteiger partial charge is 0.398 e. The van der Waals surface area contributed by atoms with Gasteiger partial charge in [0.25, 0.3) is 0 Å². The second-order valence-corrected chi connectivity index (χ2v) is 5.63. The molecule has 0 fully saturated rings. The van der Waals surface area contributed by atoms with Crippen molar-refractivity contribution in [1.29, 1.82) is 0 Å². The molecule has 0 aliphatic rings. The lowest BCUT2D eigenvalue weighted by atomic mass is 10.3. The summed E-state index contributed by atoms with van der Waals surface area (Å²) in [6.07, 6.45) is 0. The van der Waals surface area contributed by atoms with Crippen molar-refractivity contribution in [3.05, 3.63) is 53.1 Å². The minimum atomic E-state index is -0.747. The lowest BCUT2D eigenvalue weighted by Gasteiger charge is -2.06. The van der Waals surface area contributed by atoms with Crippen LogP contribution in [-0.4, -0.2) is 11.7 Å². The number of carbonyl (C=O) groups excluding carboxylic acids is 1. The van der Waals surface area contributed by atoms with Gasteiger partial charge in [-0.25, -0.2) is 8.78 Å². The zero-order valence-corrected chi connectivity index (χ0v) is 12.3. The molecule has 0 aliphatic heterocycles. The van der Waals surface area contributed by atoms with Gasteiger partial charge < -0.3 is 11.1 Å². The van der Waals surface area contributed by atoms with Crippen LogP contribution in [0.5, 0.6) is 0 Å². The van der Waals surface area contributed by atoms with Crippen molar-refractivity contribution < 1.29 is 13.6 Å². The molecule has 0 atom stereocenters. The van der Waals surface area contributed by atoms with Gasteiger partial charge in [0.2, 0.25) is 5.91 Å². The van der Waals surface area contributed by atoms with Crippen molar-refractivity contribution in [2.75, 3.05) is 16.8 Å². The van der Waals surface area contributed by atoms with E-state index >= 15 is 0 Å². The molecule has 0 spiro atoms. The monoisotopic (exact) mass is 328 g/mol. The van der Waals surface area contributed by atoms with E-state index in [0.29, 0.717) is 10.7 Å². The van der Waals surface area contributed by atoms with Crippen molar-refractivity contribution in [3.63, 3.8) is 0 Å². The first-order valence-corrected chi connectivity index (χ1v) is 7.24. The van der Waals surface area contributed by atoms with Gasteiger partial charge in [-0.2, -0.15) is 0 Å². The molecular formula is C14H11ClF2N2OS. The maximum atomic E-state index is 13.0. The smallest absolute Gasteiger partial charge is 0.234 e. The molecule has 0 unspecified atom stereocenters. The summed E-state index contributed by atoms with van der Waals surface area (Å²) in [6.45, 7) is 0. The number of nitrogens with one attached hydrogen (secondary N) is 1. The quantitative estimate of drug-likeness (QED) is 0.660. The molecule has 0 saturated heterocycles. The number of amides is 1. The number of carbonyl (C=O) groups is 1. The summed E-state index contributed by atoms with van der Waals surface area (Å²) in [5.74, 6) is -1.79. The topological polar surface area (TPSA) is 55.1 Å². The Morgan fingerprint density at radius 2 is 1.86 bits per heavy atom. The van der Waals surface area contributed by atoms with Crippen LogP contribution in [0, 0.1) is 11.6 Å². The van der Waals surface area contributed by atoms with Crippen LogP contribution in [0.15, 0.2) is 41.3 Å². The summed E-state index contributed by atoms with van der Waals surface area (Å²) >= 11 is 7.11. The van der Waals surface area contributed by atoms with Crippen LogP contribution < -0.4 is 11.1 Å². The van der Waals surface area contributed by atoms with E-state index in [1.54, 1.807) is 18.2 Å². The van der Waals surface area contributed by atoms with Gasteiger partial charge in [0.15, 0.2) is 0 Å². The lowest BCUT2D eigenvalue weighted by Crippen LogP contribution is -2.14. The summed E-state index contributed by atoms with van der Waals surface area (Å²) in [7, 11) is 0. The number of nitrogen functional groups attached to an aromatic ring is 1. The highest BCUT2D eigenvalue weighted by molar-refractivity contribution is 8.00. The number of hydrogen-bond acceptors (Lipinski definition) is 3. The number of thioether (sulfide) groups is 1. The molecule has 0 bridgehead atoms. The highest BCUT2D eigenvalue weighted by Gasteiger charge is 2.07. The fraction of sp³-hybridized carbons (Fsp3) is 0.0714. The number of benzene rings is 2. The number of halogens is 3. The van der Waals surface area contributed by atoms with Crippen LogP contribution in [0.2, 0.25) is 5.02 Å². The summed E-state index contributed by atoms with van der Waals surface area (Å²) in [4.78, 5) is 12.5. The van der Waals surface area contributed by atoms with Gasteiger partial charge in [0.1, 0.15) is 11.6 Å². The predicted molar refractivity (Wildman–Crippen MR) is 81.6 cm³/mol. The molecule has 7 heteroatoms. The molecule has 0 radical (unpaired) electrons. The predicted octanol–water partition coefficient (Wildman–Crippen LogP) is 3.93. The van der Waals surface area contributed by atoms with Crippen molar-refractivity contribution in [2.24, 2.45) is 0 Å². The van der Waals surface area contributed by atoms with Gasteiger partial charge in [0, 0.05) is 16.6 Å². The fourth-order valence-electron chi connectivity index (χ4n) is 1.57. The summed E-state index contributed by atoms with van der Waals surface area (Å²) < 4.78 is 26.0. The molecule has 1 amide bonds. The first-order chi connectivity index (χ1) is 9.94. The van der Waals surface area contributed by atoms with Gasteiger partial charge >= 0.3 is 0 Å². The third-order valence-electron chi connectivity index (χ3n) is 2.49. The molecule has 3 nitrogen and oxygen atoms in total. The normalized spacial score (nSPS) is 10.4. The Bertz CT molecular complexity index is 662. The molecular weight excluding hydrogens is 318 g/mol. The molecule has 0 aliphatic carbocycles. The van der Waals surface area contributed by atoms with Crippen molar-refractivity contribution in [3.8, 4) is 0 Å². The minimum absolute atomic E-state index is 0.0773. The van der Waals surface area contributed by atoms with Gasteiger partial charge in [-0.15, -0.1) is 11.8 Å². The van der Waals surface area contributed by atoms with E-state index in [1.807, 2.05) is 0 Å². The van der Waals surface area contributed by atoms with E-state index < -0.39 is 11.6 Å². The first-order valence-electron chi connectivity index (χ1n) is 5.88. The molecule has 0 aromatic heterocycles. The molecule has 0 saturated carbocycles. The Hall–Kier alpha value is -1.79. The molecule has 3 N–H and O–H groups in total. The Morgan fingerprint density at radius 3 is 2.48 bits per heavy atom. The molecule has 110 valence electrons. The van der Waals surface area contributed by atoms with E-state index in [1.165, 1.54) is 11.8 Å². The minimum Gasteiger partial charge on any atom is -0.398 e. The van der Waals surface area contributed by atoms with E-state index in [0.717, 1.165) is 23.1 Å². The maximum absolute atomic E-state index is 13.0. The summed E-state index contributed by atoms with van der Waals surface area (Å²) in [6, 6.07) is 7.86. The van der Waals surface area contributed by atoms with Gasteiger partial charge in [0.05, 0.1) is 16.5 Å². The van der Waals surface area contributed by atoms with Crippen molar-refractivity contribution in [2.45, 2.75) is 4.90 Å². The fourth-order valence-corrected chi connectivity index (χ4v) is 2.55. The Morgan fingerprint density at radius 1 is 1.19 bits per heavy atom. The van der Waals surface area contributed by atoms with Crippen LogP contribution >= 0.6 is 23.4 Å². The van der Waals surface area contributed by atoms with Crippen LogP contribution in [0.4, 0.5) is 20.2 Å². The third-order valence-corrected chi connectivity index (χ3v) is 3.81. The summed E-state index contributed by atoms with van der Waals surface area (Å²) in [5.41, 5.74) is 6.12. The zero-order chi connectivity index (χ0) is 15.4. The Labute approximate surface area is 129 Å². The molecule has 2 aromatic carbocycles. The van der Waals surface area contributed by atoms with E-state index in [2.05, 4.69) is 5.32 Å². The second-order valence-electron chi connectivity index (χ2n) is 4.18. The SMILES string of the molecule is Nc1ccc(SCC(=O)Nc2cc(F)cc(F)c2)cc1Cl. The standard InChI is InChI=1S/C14H11ClF2N2OS/c15-12-6-11(1-2-13(12)18)21-7-14(20)19-10-4-8(16)3-9(17)5-10/h1-6H,7,18H2,(H,19,20). The van der Waals surface area contributed by atoms with E-state index in [4.69, 9.17) is 17.3 Å². The molecule has 21 heavy (non-hydrogen) atoms. The van der Waals surface area contributed by atoms with Crippen molar-refractivity contribution >= 4 is 40.6 Å². The van der Waals surface area contributed by atoms with Gasteiger partial charge in [-0.05, 0) is 30.3 Å². The lowest BCUT2D eigenvalue weighted by molar-refractivity contribution is -0.113. The molecule has 0 heterocycles. The Balaban J connectivity index is 1.94. The molecule has 2 rings (SSSR count). The average molecular weight is 329 g/mol. The highest BCUT2D eigenvalue weighted by atomic mass is 35.5. The zero-order valence-electron chi connectivity index (χ0n) is 10.7. The van der Waals surface area contributed by atoms with Crippen LogP contribution in [-0.2, 0) is 4.79 Å². The molecule has 2 aromatic rings. The van der Waals surface area contributed by atoms with E-state index in [9.17, 15) is 13.6 Å². The van der Waals surface area contributed by atoms with Gasteiger partial charge in [-0.1, -0.05) is 11.6 Å². The highest BCUT2D eigenvalue weighted by Crippen LogP contribution is 2.26. The van der Waals surface area contributed by atoms with Crippen LogP contribution in [0.1, 0.15) is 0 Å². The second kappa shape index (κ2) is 6.78. The number of hydrogen-bond donors (Lipinski definition) is 2. The maximum Gasteiger partial charge on any atom is 0.234 e.